The monoisotopic (exact) mass is 359 g/mol. The van der Waals surface area contributed by atoms with Crippen LogP contribution < -0.4 is 4.90 Å². The number of benzene rings is 1. The van der Waals surface area contributed by atoms with E-state index in [9.17, 15) is 9.50 Å². The van der Waals surface area contributed by atoms with Crippen LogP contribution in [-0.4, -0.2) is 60.4 Å². The lowest BCUT2D eigenvalue weighted by Gasteiger charge is -2.24. The van der Waals surface area contributed by atoms with Gasteiger partial charge in [-0.15, -0.1) is 0 Å². The molecule has 3 rings (SSSR count). The van der Waals surface area contributed by atoms with Gasteiger partial charge in [0, 0.05) is 37.9 Å². The number of aliphatic hydroxyl groups excluding tert-OH is 1. The van der Waals surface area contributed by atoms with Gasteiger partial charge < -0.3 is 14.7 Å². The highest BCUT2D eigenvalue weighted by Crippen LogP contribution is 2.13. The fourth-order valence-corrected chi connectivity index (χ4v) is 3.19. The first-order valence-electron chi connectivity index (χ1n) is 9.10. The van der Waals surface area contributed by atoms with Gasteiger partial charge in [-0.1, -0.05) is 24.3 Å². The van der Waals surface area contributed by atoms with Gasteiger partial charge in [-0.3, -0.25) is 4.90 Å². The first-order valence-corrected chi connectivity index (χ1v) is 9.10. The lowest BCUT2D eigenvalue weighted by atomic mass is 10.2. The van der Waals surface area contributed by atoms with Gasteiger partial charge >= 0.3 is 0 Å². The maximum atomic E-state index is 13.5. The fourth-order valence-electron chi connectivity index (χ4n) is 3.19. The third-order valence-corrected chi connectivity index (χ3v) is 4.56. The average Bonchev–Trinajstić information content (AvgIpc) is 2.90. The molecule has 6 heteroatoms. The number of pyridine rings is 1. The van der Waals surface area contributed by atoms with Crippen LogP contribution in [0, 0.1) is 5.82 Å². The summed E-state index contributed by atoms with van der Waals surface area (Å²) in [4.78, 5) is 8.94. The summed E-state index contributed by atoms with van der Waals surface area (Å²) < 4.78 is 19.0. The summed E-state index contributed by atoms with van der Waals surface area (Å²) in [5.41, 5.74) is 0.514. The van der Waals surface area contributed by atoms with E-state index < -0.39 is 6.10 Å². The Morgan fingerprint density at radius 1 is 1.08 bits per heavy atom. The minimum atomic E-state index is -0.580. The van der Waals surface area contributed by atoms with E-state index in [2.05, 4.69) is 14.8 Å². The third-order valence-electron chi connectivity index (χ3n) is 4.56. The topological polar surface area (TPSA) is 48.8 Å². The molecule has 0 amide bonds. The minimum absolute atomic E-state index is 0.178. The van der Waals surface area contributed by atoms with Crippen molar-refractivity contribution in [2.45, 2.75) is 19.1 Å². The number of nitrogens with zero attached hydrogens (tertiary/aromatic N) is 3. The maximum Gasteiger partial charge on any atom is 0.128 e. The van der Waals surface area contributed by atoms with Crippen LogP contribution in [0.15, 0.2) is 48.7 Å². The number of ether oxygens (including phenoxy) is 1. The highest BCUT2D eigenvalue weighted by atomic mass is 19.1. The summed E-state index contributed by atoms with van der Waals surface area (Å²) in [6.45, 7) is 4.61. The number of rotatable bonds is 7. The number of aliphatic hydroxyl groups is 1. The first-order chi connectivity index (χ1) is 12.7. The molecule has 1 N–H and O–H groups in total. The molecular formula is C20H26FN3O2. The first kappa shape index (κ1) is 18.8. The number of anilines is 1. The molecule has 26 heavy (non-hydrogen) atoms. The minimum Gasteiger partial charge on any atom is -0.389 e. The van der Waals surface area contributed by atoms with Gasteiger partial charge in [0.15, 0.2) is 0 Å². The second-order valence-electron chi connectivity index (χ2n) is 6.59. The second kappa shape index (κ2) is 9.62. The smallest absolute Gasteiger partial charge is 0.128 e. The Kier molecular flexibility index (Phi) is 6.94. The molecule has 1 aromatic carbocycles. The normalized spacial score (nSPS) is 17.1. The Hall–Kier alpha value is -2.02. The quantitative estimate of drug-likeness (QED) is 0.822. The molecule has 1 aromatic heterocycles. The molecule has 0 bridgehead atoms. The van der Waals surface area contributed by atoms with Crippen molar-refractivity contribution >= 4 is 5.82 Å². The Morgan fingerprint density at radius 3 is 2.73 bits per heavy atom. The van der Waals surface area contributed by atoms with Crippen LogP contribution in [0.5, 0.6) is 0 Å². The lowest BCUT2D eigenvalue weighted by Crippen LogP contribution is -2.37. The molecule has 0 aliphatic carbocycles. The summed E-state index contributed by atoms with van der Waals surface area (Å²) in [5.74, 6) is 0.729. The fraction of sp³-hybridized carbons (Fsp3) is 0.450. The summed E-state index contributed by atoms with van der Waals surface area (Å²) in [6, 6.07) is 12.5. The van der Waals surface area contributed by atoms with Crippen molar-refractivity contribution in [2.75, 3.05) is 44.2 Å². The number of β-amino-alcohol motifs (C(OH)–C–C–N with tert-alkyl or cyclic N) is 1. The van der Waals surface area contributed by atoms with Crippen LogP contribution in [0.2, 0.25) is 0 Å². The number of aromatic nitrogens is 1. The van der Waals surface area contributed by atoms with Crippen LogP contribution in [0.4, 0.5) is 10.2 Å². The van der Waals surface area contributed by atoms with Crippen LogP contribution >= 0.6 is 0 Å². The van der Waals surface area contributed by atoms with Gasteiger partial charge in [-0.05, 0) is 31.2 Å². The third kappa shape index (κ3) is 5.49. The molecule has 1 aliphatic heterocycles. The summed E-state index contributed by atoms with van der Waals surface area (Å²) in [6.07, 6.45) is 2.26. The van der Waals surface area contributed by atoms with Gasteiger partial charge in [0.25, 0.3) is 0 Å². The van der Waals surface area contributed by atoms with Crippen molar-refractivity contribution in [2.24, 2.45) is 0 Å². The molecular weight excluding hydrogens is 333 g/mol. The van der Waals surface area contributed by atoms with E-state index in [1.807, 2.05) is 24.4 Å². The van der Waals surface area contributed by atoms with Crippen molar-refractivity contribution in [1.29, 1.82) is 0 Å². The molecule has 0 spiro atoms. The van der Waals surface area contributed by atoms with Gasteiger partial charge in [-0.25, -0.2) is 9.37 Å². The van der Waals surface area contributed by atoms with Crippen LogP contribution in [0.1, 0.15) is 12.0 Å². The number of halogens is 1. The predicted molar refractivity (Wildman–Crippen MR) is 99.6 cm³/mol. The molecule has 5 nitrogen and oxygen atoms in total. The van der Waals surface area contributed by atoms with Crippen molar-refractivity contribution in [3.05, 3.63) is 60.0 Å². The number of hydrogen-bond donors (Lipinski definition) is 1. The molecule has 1 atom stereocenters. The van der Waals surface area contributed by atoms with Gasteiger partial charge in [0.1, 0.15) is 11.6 Å². The van der Waals surface area contributed by atoms with E-state index >= 15 is 0 Å². The van der Waals surface area contributed by atoms with Gasteiger partial charge in [0.05, 0.1) is 19.3 Å². The molecule has 1 fully saturated rings. The second-order valence-corrected chi connectivity index (χ2v) is 6.59. The molecule has 0 radical (unpaired) electrons. The molecule has 1 unspecified atom stereocenters. The van der Waals surface area contributed by atoms with Crippen molar-refractivity contribution in [3.8, 4) is 0 Å². The van der Waals surface area contributed by atoms with Crippen LogP contribution in [-0.2, 0) is 11.3 Å². The molecule has 1 aliphatic rings. The highest BCUT2D eigenvalue weighted by Gasteiger charge is 2.18. The Balaban J connectivity index is 1.40. The molecule has 2 heterocycles. The van der Waals surface area contributed by atoms with E-state index in [0.29, 0.717) is 12.1 Å². The largest absolute Gasteiger partial charge is 0.389 e. The zero-order valence-electron chi connectivity index (χ0n) is 14.9. The summed E-state index contributed by atoms with van der Waals surface area (Å²) in [5, 5.41) is 10.2. The Morgan fingerprint density at radius 2 is 1.92 bits per heavy atom. The van der Waals surface area contributed by atoms with E-state index in [-0.39, 0.29) is 19.0 Å². The van der Waals surface area contributed by atoms with Gasteiger partial charge in [0.2, 0.25) is 0 Å². The van der Waals surface area contributed by atoms with E-state index in [0.717, 1.165) is 38.4 Å². The molecule has 2 aromatic rings. The zero-order valence-corrected chi connectivity index (χ0v) is 14.9. The van der Waals surface area contributed by atoms with Crippen LogP contribution in [0.3, 0.4) is 0 Å². The Labute approximate surface area is 154 Å². The summed E-state index contributed by atoms with van der Waals surface area (Å²) >= 11 is 0. The van der Waals surface area contributed by atoms with Crippen LogP contribution in [0.25, 0.3) is 0 Å². The summed E-state index contributed by atoms with van der Waals surface area (Å²) in [7, 11) is 0. The molecule has 1 saturated heterocycles. The van der Waals surface area contributed by atoms with Crippen molar-refractivity contribution in [3.63, 3.8) is 0 Å². The maximum absolute atomic E-state index is 13.5. The van der Waals surface area contributed by atoms with Crippen molar-refractivity contribution < 1.29 is 14.2 Å². The zero-order chi connectivity index (χ0) is 18.2. The van der Waals surface area contributed by atoms with Crippen molar-refractivity contribution in [1.82, 2.24) is 9.88 Å². The highest BCUT2D eigenvalue weighted by molar-refractivity contribution is 5.37. The lowest BCUT2D eigenvalue weighted by molar-refractivity contribution is 0.0102. The molecule has 0 saturated carbocycles. The van der Waals surface area contributed by atoms with E-state index in [1.54, 1.807) is 18.2 Å². The standard InChI is InChI=1S/C20H26FN3O2/c21-19-7-2-1-6-17(19)15-26-16-18(25)14-23-10-5-11-24(13-12-23)20-8-3-4-9-22-20/h1-4,6-9,18,25H,5,10-16H2. The Bertz CT molecular complexity index is 671. The number of hydrogen-bond acceptors (Lipinski definition) is 5. The average molecular weight is 359 g/mol. The van der Waals surface area contributed by atoms with E-state index in [1.165, 1.54) is 6.07 Å². The van der Waals surface area contributed by atoms with E-state index in [4.69, 9.17) is 4.74 Å². The SMILES string of the molecule is OC(COCc1ccccc1F)CN1CCCN(c2ccccn2)CC1. The predicted octanol–water partition coefficient (Wildman–Crippen LogP) is 2.31. The molecule has 140 valence electrons. The van der Waals surface area contributed by atoms with Gasteiger partial charge in [-0.2, -0.15) is 0 Å².